The quantitative estimate of drug-likeness (QED) is 0.494. The molecule has 1 aromatic heterocycles. The second-order valence-electron chi connectivity index (χ2n) is 4.19. The van der Waals surface area contributed by atoms with Crippen molar-refractivity contribution in [2.45, 2.75) is 26.3 Å². The summed E-state index contributed by atoms with van der Waals surface area (Å²) in [6.45, 7) is 4.80. The number of rotatable bonds is 2. The molecule has 100 valence electrons. The molecule has 2 heterocycles. The van der Waals surface area contributed by atoms with Gasteiger partial charge in [0.2, 0.25) is 0 Å². The van der Waals surface area contributed by atoms with Gasteiger partial charge in [0, 0.05) is 26.3 Å². The number of halogens is 1. The number of likely N-dealkylation sites (tertiary alicyclic amines) is 1. The number of aliphatic imine (C=N–C) groups is 1. The zero-order chi connectivity index (χ0) is 12.1. The largest absolute Gasteiger partial charge is 0.351 e. The Morgan fingerprint density at radius 3 is 2.78 bits per heavy atom. The Bertz CT molecular complexity index is 401. The van der Waals surface area contributed by atoms with Gasteiger partial charge in [-0.15, -0.1) is 24.0 Å². The van der Waals surface area contributed by atoms with Gasteiger partial charge in [-0.1, -0.05) is 0 Å². The molecule has 0 saturated carbocycles. The van der Waals surface area contributed by atoms with Gasteiger partial charge in [-0.05, 0) is 25.8 Å². The Morgan fingerprint density at radius 2 is 2.17 bits per heavy atom. The third kappa shape index (κ3) is 4.08. The smallest absolute Gasteiger partial charge is 0.193 e. The van der Waals surface area contributed by atoms with E-state index in [9.17, 15) is 0 Å². The second-order valence-corrected chi connectivity index (χ2v) is 4.19. The van der Waals surface area contributed by atoms with Gasteiger partial charge in [0.05, 0.1) is 12.2 Å². The van der Waals surface area contributed by atoms with E-state index in [1.54, 1.807) is 6.20 Å². The van der Waals surface area contributed by atoms with E-state index < -0.39 is 0 Å². The van der Waals surface area contributed by atoms with Crippen molar-refractivity contribution in [2.75, 3.05) is 20.1 Å². The lowest BCUT2D eigenvalue weighted by atomic mass is 10.4. The summed E-state index contributed by atoms with van der Waals surface area (Å²) in [7, 11) is 1.83. The van der Waals surface area contributed by atoms with Crippen LogP contribution in [-0.2, 0) is 6.54 Å². The number of aryl methyl sites for hydroxylation is 1. The highest BCUT2D eigenvalue weighted by Crippen LogP contribution is 2.07. The molecule has 1 aliphatic rings. The van der Waals surface area contributed by atoms with Crippen LogP contribution in [0.3, 0.4) is 0 Å². The molecule has 1 aliphatic heterocycles. The predicted molar refractivity (Wildman–Crippen MR) is 83.2 cm³/mol. The average Bonchev–Trinajstić information content (AvgIpc) is 2.84. The fourth-order valence-corrected chi connectivity index (χ4v) is 2.03. The third-order valence-corrected chi connectivity index (χ3v) is 2.88. The van der Waals surface area contributed by atoms with Gasteiger partial charge in [-0.25, -0.2) is 9.97 Å². The third-order valence-electron chi connectivity index (χ3n) is 2.88. The molecule has 0 aromatic carbocycles. The lowest BCUT2D eigenvalue weighted by Crippen LogP contribution is -2.39. The minimum atomic E-state index is 0. The van der Waals surface area contributed by atoms with Crippen molar-refractivity contribution >= 4 is 29.9 Å². The van der Waals surface area contributed by atoms with Crippen molar-refractivity contribution < 1.29 is 0 Å². The summed E-state index contributed by atoms with van der Waals surface area (Å²) in [5.74, 6) is 1.78. The molecule has 0 spiro atoms. The van der Waals surface area contributed by atoms with Crippen LogP contribution in [0.25, 0.3) is 0 Å². The first-order valence-electron chi connectivity index (χ1n) is 6.04. The molecule has 6 heteroatoms. The normalized spacial score (nSPS) is 15.4. The first-order valence-corrected chi connectivity index (χ1v) is 6.04. The summed E-state index contributed by atoms with van der Waals surface area (Å²) in [5.41, 5.74) is 0.998. The fraction of sp³-hybridized carbons (Fsp3) is 0.583. The summed E-state index contributed by atoms with van der Waals surface area (Å²) < 4.78 is 0. The van der Waals surface area contributed by atoms with Crippen LogP contribution in [0.15, 0.2) is 17.3 Å². The molecule has 0 unspecified atom stereocenters. The van der Waals surface area contributed by atoms with E-state index in [1.165, 1.54) is 12.8 Å². The lowest BCUT2D eigenvalue weighted by molar-refractivity contribution is 0.492. The van der Waals surface area contributed by atoms with Crippen LogP contribution in [0.1, 0.15) is 24.4 Å². The summed E-state index contributed by atoms with van der Waals surface area (Å²) in [5, 5.41) is 3.34. The van der Waals surface area contributed by atoms with E-state index in [1.807, 2.05) is 20.0 Å². The van der Waals surface area contributed by atoms with Crippen molar-refractivity contribution in [3.05, 3.63) is 23.8 Å². The first-order chi connectivity index (χ1) is 8.29. The minimum absolute atomic E-state index is 0. The molecule has 1 N–H and O–H groups in total. The molecular weight excluding hydrogens is 341 g/mol. The van der Waals surface area contributed by atoms with Crippen LogP contribution in [0.4, 0.5) is 0 Å². The van der Waals surface area contributed by atoms with Crippen molar-refractivity contribution in [1.82, 2.24) is 20.2 Å². The summed E-state index contributed by atoms with van der Waals surface area (Å²) >= 11 is 0. The Morgan fingerprint density at radius 1 is 1.44 bits per heavy atom. The molecule has 18 heavy (non-hydrogen) atoms. The zero-order valence-corrected chi connectivity index (χ0v) is 13.2. The number of hydrogen-bond acceptors (Lipinski definition) is 3. The van der Waals surface area contributed by atoms with E-state index in [-0.39, 0.29) is 24.0 Å². The molecule has 1 aromatic rings. The van der Waals surface area contributed by atoms with Crippen molar-refractivity contribution in [3.8, 4) is 0 Å². The first kappa shape index (κ1) is 15.1. The van der Waals surface area contributed by atoms with Crippen LogP contribution < -0.4 is 5.32 Å². The molecule has 0 amide bonds. The zero-order valence-electron chi connectivity index (χ0n) is 10.9. The maximum Gasteiger partial charge on any atom is 0.193 e. The molecule has 0 aliphatic carbocycles. The number of aromatic nitrogens is 2. The van der Waals surface area contributed by atoms with Crippen molar-refractivity contribution in [2.24, 2.45) is 4.99 Å². The molecule has 0 radical (unpaired) electrons. The standard InChI is InChI=1S/C12H19N5.HI/c1-10-14-6-5-11(16-10)9-15-12(13-2)17-7-3-4-8-17;/h5-6H,3-4,7-9H2,1-2H3,(H,13,15);1H. The van der Waals surface area contributed by atoms with E-state index in [4.69, 9.17) is 0 Å². The van der Waals surface area contributed by atoms with E-state index in [0.717, 1.165) is 30.6 Å². The predicted octanol–water partition coefficient (Wildman–Crippen LogP) is 1.57. The van der Waals surface area contributed by atoms with Crippen molar-refractivity contribution in [3.63, 3.8) is 0 Å². The molecule has 1 fully saturated rings. The highest BCUT2D eigenvalue weighted by Gasteiger charge is 2.15. The topological polar surface area (TPSA) is 53.4 Å². The number of nitrogens with one attached hydrogen (secondary N) is 1. The van der Waals surface area contributed by atoms with Gasteiger partial charge in [0.25, 0.3) is 0 Å². The molecule has 0 atom stereocenters. The summed E-state index contributed by atoms with van der Waals surface area (Å²) in [6, 6.07) is 1.93. The number of nitrogens with zero attached hydrogens (tertiary/aromatic N) is 4. The Kier molecular flexibility index (Phi) is 6.31. The van der Waals surface area contributed by atoms with E-state index in [0.29, 0.717) is 6.54 Å². The maximum absolute atomic E-state index is 4.36. The molecule has 2 rings (SSSR count). The van der Waals surface area contributed by atoms with Crippen molar-refractivity contribution in [1.29, 1.82) is 0 Å². The molecular formula is C12H20IN5. The number of guanidine groups is 1. The van der Waals surface area contributed by atoms with Gasteiger partial charge in [-0.2, -0.15) is 0 Å². The lowest BCUT2D eigenvalue weighted by Gasteiger charge is -2.20. The second kappa shape index (κ2) is 7.50. The van der Waals surface area contributed by atoms with E-state index >= 15 is 0 Å². The van der Waals surface area contributed by atoms with E-state index in [2.05, 4.69) is 25.2 Å². The minimum Gasteiger partial charge on any atom is -0.351 e. The van der Waals surface area contributed by atoms with Crippen LogP contribution in [0.2, 0.25) is 0 Å². The molecule has 5 nitrogen and oxygen atoms in total. The van der Waals surface area contributed by atoms with Gasteiger partial charge in [0.1, 0.15) is 5.82 Å². The van der Waals surface area contributed by atoms with Crippen LogP contribution >= 0.6 is 24.0 Å². The van der Waals surface area contributed by atoms with Gasteiger partial charge >= 0.3 is 0 Å². The SMILES string of the molecule is CN=C(NCc1ccnc(C)n1)N1CCCC1.I. The maximum atomic E-state index is 4.36. The Labute approximate surface area is 125 Å². The Hall–Kier alpha value is -0.920. The highest BCUT2D eigenvalue weighted by atomic mass is 127. The summed E-state index contributed by atoms with van der Waals surface area (Å²) in [4.78, 5) is 15.0. The van der Waals surface area contributed by atoms with Gasteiger partial charge in [0.15, 0.2) is 5.96 Å². The average molecular weight is 361 g/mol. The van der Waals surface area contributed by atoms with Gasteiger partial charge < -0.3 is 10.2 Å². The van der Waals surface area contributed by atoms with Crippen LogP contribution in [0.5, 0.6) is 0 Å². The molecule has 1 saturated heterocycles. The van der Waals surface area contributed by atoms with Crippen LogP contribution in [0, 0.1) is 6.92 Å². The Balaban J connectivity index is 0.00000162. The molecule has 0 bridgehead atoms. The summed E-state index contributed by atoms with van der Waals surface area (Å²) in [6.07, 6.45) is 4.30. The van der Waals surface area contributed by atoms with Gasteiger partial charge in [-0.3, -0.25) is 4.99 Å². The monoisotopic (exact) mass is 361 g/mol. The number of hydrogen-bond donors (Lipinski definition) is 1. The van der Waals surface area contributed by atoms with Crippen LogP contribution in [-0.4, -0.2) is 41.0 Å². The fourth-order valence-electron chi connectivity index (χ4n) is 2.03. The highest BCUT2D eigenvalue weighted by molar-refractivity contribution is 14.0.